The number of rotatable bonds is 5. The topological polar surface area (TPSA) is 15.3 Å². The molecule has 2 nitrogen and oxygen atoms in total. The first kappa shape index (κ1) is 17.3. The number of hydrogen-bond donors (Lipinski definition) is 1. The van der Waals surface area contributed by atoms with Crippen LogP contribution in [-0.2, 0) is 0 Å². The van der Waals surface area contributed by atoms with Crippen LogP contribution in [0.1, 0.15) is 79.6 Å². The molecule has 1 aliphatic carbocycles. The molecular weight excluding hydrogens is 256 g/mol. The summed E-state index contributed by atoms with van der Waals surface area (Å²) in [6.07, 6.45) is 9.71. The summed E-state index contributed by atoms with van der Waals surface area (Å²) in [7, 11) is 0. The smallest absolute Gasteiger partial charge is 0.0200 e. The minimum absolute atomic E-state index is 0.459. The van der Waals surface area contributed by atoms with E-state index in [4.69, 9.17) is 0 Å². The van der Waals surface area contributed by atoms with E-state index in [1.807, 2.05) is 0 Å². The van der Waals surface area contributed by atoms with Crippen molar-refractivity contribution in [2.75, 3.05) is 13.1 Å². The van der Waals surface area contributed by atoms with Crippen LogP contribution < -0.4 is 5.32 Å². The number of likely N-dealkylation sites (tertiary alicyclic amines) is 1. The van der Waals surface area contributed by atoms with Crippen molar-refractivity contribution < 1.29 is 0 Å². The van der Waals surface area contributed by atoms with E-state index < -0.39 is 0 Å². The quantitative estimate of drug-likeness (QED) is 0.806. The van der Waals surface area contributed by atoms with Crippen molar-refractivity contribution in [1.29, 1.82) is 0 Å². The molecule has 0 spiro atoms. The highest BCUT2D eigenvalue weighted by Gasteiger charge is 2.32. The first-order chi connectivity index (χ1) is 9.87. The maximum atomic E-state index is 4.00. The zero-order valence-corrected chi connectivity index (χ0v) is 15.1. The fourth-order valence-corrected chi connectivity index (χ4v) is 4.42. The molecule has 21 heavy (non-hydrogen) atoms. The Bertz CT molecular complexity index is 301. The lowest BCUT2D eigenvalue weighted by Gasteiger charge is -2.43. The van der Waals surface area contributed by atoms with Gasteiger partial charge in [0, 0.05) is 31.2 Å². The third-order valence-electron chi connectivity index (χ3n) is 5.51. The molecule has 1 heterocycles. The largest absolute Gasteiger partial charge is 0.310 e. The van der Waals surface area contributed by atoms with E-state index in [2.05, 4.69) is 44.8 Å². The molecule has 1 N–H and O–H groups in total. The Kier molecular flexibility index (Phi) is 6.14. The van der Waals surface area contributed by atoms with E-state index in [-0.39, 0.29) is 0 Å². The zero-order chi connectivity index (χ0) is 15.5. The molecule has 3 atom stereocenters. The standard InChI is InChI=1S/C19H38N2/c1-6-15(2)21-13-16(12-19(3,4)5)11-18(14-21)20-17-9-7-8-10-17/h15-18,20H,6-14H2,1-5H3. The number of piperidine rings is 1. The Morgan fingerprint density at radius 2 is 1.76 bits per heavy atom. The Hall–Kier alpha value is -0.0800. The molecule has 0 aromatic heterocycles. The van der Waals surface area contributed by atoms with Crippen LogP contribution in [0.2, 0.25) is 0 Å². The van der Waals surface area contributed by atoms with E-state index in [9.17, 15) is 0 Å². The Labute approximate surface area is 133 Å². The van der Waals surface area contributed by atoms with Crippen molar-refractivity contribution in [1.82, 2.24) is 10.2 Å². The highest BCUT2D eigenvalue weighted by atomic mass is 15.2. The summed E-state index contributed by atoms with van der Waals surface area (Å²) in [4.78, 5) is 2.76. The summed E-state index contributed by atoms with van der Waals surface area (Å²) >= 11 is 0. The molecule has 0 radical (unpaired) electrons. The first-order valence-electron chi connectivity index (χ1n) is 9.37. The number of nitrogens with zero attached hydrogens (tertiary/aromatic N) is 1. The van der Waals surface area contributed by atoms with Crippen LogP contribution in [0.4, 0.5) is 0 Å². The van der Waals surface area contributed by atoms with E-state index in [0.29, 0.717) is 5.41 Å². The van der Waals surface area contributed by atoms with Gasteiger partial charge in [-0.3, -0.25) is 4.90 Å². The van der Waals surface area contributed by atoms with Crippen LogP contribution >= 0.6 is 0 Å². The predicted octanol–water partition coefficient (Wildman–Crippen LogP) is 4.44. The van der Waals surface area contributed by atoms with Gasteiger partial charge in [0.2, 0.25) is 0 Å². The van der Waals surface area contributed by atoms with E-state index in [1.165, 1.54) is 58.0 Å². The van der Waals surface area contributed by atoms with Gasteiger partial charge >= 0.3 is 0 Å². The number of nitrogens with one attached hydrogen (secondary N) is 1. The maximum absolute atomic E-state index is 4.00. The van der Waals surface area contributed by atoms with Crippen molar-refractivity contribution in [2.24, 2.45) is 11.3 Å². The molecule has 0 bridgehead atoms. The van der Waals surface area contributed by atoms with Gasteiger partial charge < -0.3 is 5.32 Å². The van der Waals surface area contributed by atoms with Crippen molar-refractivity contribution in [3.8, 4) is 0 Å². The first-order valence-corrected chi connectivity index (χ1v) is 9.37. The summed E-state index contributed by atoms with van der Waals surface area (Å²) in [5.74, 6) is 0.867. The molecule has 2 heteroatoms. The number of hydrogen-bond acceptors (Lipinski definition) is 2. The van der Waals surface area contributed by atoms with Crippen LogP contribution in [-0.4, -0.2) is 36.1 Å². The van der Waals surface area contributed by atoms with Crippen LogP contribution in [0, 0.1) is 11.3 Å². The average molecular weight is 295 g/mol. The molecule has 0 amide bonds. The fourth-order valence-electron chi connectivity index (χ4n) is 4.42. The Morgan fingerprint density at radius 1 is 1.10 bits per heavy atom. The molecule has 2 aliphatic rings. The summed E-state index contributed by atoms with van der Waals surface area (Å²) in [5.41, 5.74) is 0.459. The maximum Gasteiger partial charge on any atom is 0.0200 e. The van der Waals surface area contributed by atoms with Gasteiger partial charge in [-0.15, -0.1) is 0 Å². The zero-order valence-electron chi connectivity index (χ0n) is 15.1. The second kappa shape index (κ2) is 7.46. The van der Waals surface area contributed by atoms with Crippen LogP contribution in [0.25, 0.3) is 0 Å². The van der Waals surface area contributed by atoms with Crippen LogP contribution in [0.3, 0.4) is 0 Å². The molecule has 3 unspecified atom stereocenters. The lowest BCUT2D eigenvalue weighted by atomic mass is 9.79. The normalized spacial score (nSPS) is 30.7. The van der Waals surface area contributed by atoms with Gasteiger partial charge in [0.15, 0.2) is 0 Å². The fraction of sp³-hybridized carbons (Fsp3) is 1.00. The predicted molar refractivity (Wildman–Crippen MR) is 92.7 cm³/mol. The molecule has 1 aliphatic heterocycles. The lowest BCUT2D eigenvalue weighted by Crippen LogP contribution is -2.54. The minimum Gasteiger partial charge on any atom is -0.310 e. The van der Waals surface area contributed by atoms with Gasteiger partial charge in [0.1, 0.15) is 0 Å². The molecule has 0 aromatic rings. The van der Waals surface area contributed by atoms with E-state index >= 15 is 0 Å². The molecule has 0 aromatic carbocycles. The van der Waals surface area contributed by atoms with Gasteiger partial charge in [-0.2, -0.15) is 0 Å². The SMILES string of the molecule is CCC(C)N1CC(CC(C)(C)C)CC(NC2CCCC2)C1. The second-order valence-corrected chi connectivity index (χ2v) is 8.92. The molecule has 124 valence electrons. The molecule has 2 fully saturated rings. The third-order valence-corrected chi connectivity index (χ3v) is 5.51. The van der Waals surface area contributed by atoms with E-state index in [0.717, 1.165) is 24.0 Å². The Balaban J connectivity index is 1.95. The molecule has 1 saturated heterocycles. The minimum atomic E-state index is 0.459. The molecular formula is C19H38N2. The van der Waals surface area contributed by atoms with Crippen LogP contribution in [0.15, 0.2) is 0 Å². The van der Waals surface area contributed by atoms with Gasteiger partial charge in [-0.1, -0.05) is 40.5 Å². The van der Waals surface area contributed by atoms with Crippen molar-refractivity contribution in [3.63, 3.8) is 0 Å². The second-order valence-electron chi connectivity index (χ2n) is 8.92. The highest BCUT2D eigenvalue weighted by molar-refractivity contribution is 4.89. The lowest BCUT2D eigenvalue weighted by molar-refractivity contribution is 0.0791. The summed E-state index contributed by atoms with van der Waals surface area (Å²) in [6, 6.07) is 2.27. The van der Waals surface area contributed by atoms with Gasteiger partial charge in [0.25, 0.3) is 0 Å². The highest BCUT2D eigenvalue weighted by Crippen LogP contribution is 2.32. The molecule has 1 saturated carbocycles. The van der Waals surface area contributed by atoms with Crippen molar-refractivity contribution >= 4 is 0 Å². The van der Waals surface area contributed by atoms with Gasteiger partial charge in [-0.25, -0.2) is 0 Å². The van der Waals surface area contributed by atoms with Crippen LogP contribution in [0.5, 0.6) is 0 Å². The molecule has 2 rings (SSSR count). The monoisotopic (exact) mass is 294 g/mol. The van der Waals surface area contributed by atoms with Gasteiger partial charge in [-0.05, 0) is 50.4 Å². The van der Waals surface area contributed by atoms with Crippen molar-refractivity contribution in [2.45, 2.75) is 97.7 Å². The summed E-state index contributed by atoms with van der Waals surface area (Å²) in [5, 5.41) is 4.00. The van der Waals surface area contributed by atoms with E-state index in [1.54, 1.807) is 0 Å². The van der Waals surface area contributed by atoms with Gasteiger partial charge in [0.05, 0.1) is 0 Å². The Morgan fingerprint density at radius 3 is 2.33 bits per heavy atom. The average Bonchev–Trinajstić information content (AvgIpc) is 2.88. The van der Waals surface area contributed by atoms with Crippen molar-refractivity contribution in [3.05, 3.63) is 0 Å². The third kappa shape index (κ3) is 5.56. The summed E-state index contributed by atoms with van der Waals surface area (Å²) < 4.78 is 0. The summed E-state index contributed by atoms with van der Waals surface area (Å²) in [6.45, 7) is 14.5.